The molecule has 2 N–H and O–H groups in total. The maximum absolute atomic E-state index is 13.0. The van der Waals surface area contributed by atoms with Crippen LogP contribution in [0.2, 0.25) is 0 Å². The predicted octanol–water partition coefficient (Wildman–Crippen LogP) is 5.70. The number of carboxylic acids is 1. The van der Waals surface area contributed by atoms with Crippen molar-refractivity contribution in [3.8, 4) is 11.1 Å². The van der Waals surface area contributed by atoms with Crippen molar-refractivity contribution in [3.05, 3.63) is 72.3 Å². The molecule has 0 spiro atoms. The van der Waals surface area contributed by atoms with Crippen LogP contribution in [0.3, 0.4) is 0 Å². The Balaban J connectivity index is 1.35. The maximum atomic E-state index is 13.0. The van der Waals surface area contributed by atoms with Crippen LogP contribution >= 0.6 is 0 Å². The van der Waals surface area contributed by atoms with Gasteiger partial charge in [0.2, 0.25) is 0 Å². The van der Waals surface area contributed by atoms with Crippen molar-refractivity contribution in [1.82, 2.24) is 5.32 Å². The van der Waals surface area contributed by atoms with E-state index in [1.165, 1.54) is 19.3 Å². The van der Waals surface area contributed by atoms with Crippen LogP contribution in [0, 0.1) is 17.8 Å². The van der Waals surface area contributed by atoms with Gasteiger partial charge in [-0.15, -0.1) is 0 Å². The summed E-state index contributed by atoms with van der Waals surface area (Å²) >= 11 is 0. The van der Waals surface area contributed by atoms with Gasteiger partial charge < -0.3 is 10.4 Å². The number of benzene rings is 2. The summed E-state index contributed by atoms with van der Waals surface area (Å²) in [4.78, 5) is 23.6. The first-order valence-electron chi connectivity index (χ1n) is 11.4. The number of aliphatic carboxylic acids is 1. The standard InChI is InChI=1S/C27H31NO3/c29-25(30)11-7-2-1-6-10-24-22-16-17-23(18-22)26(24)28-27(31)21-14-12-20(13-15-21)19-8-4-3-5-9-19/h1,3-6,8-9,12-15,22-24,26H,2,7,10-11,16-18H2,(H,28,31)(H,29,30)/b6-1+. The lowest BCUT2D eigenvalue weighted by Gasteiger charge is -2.31. The summed E-state index contributed by atoms with van der Waals surface area (Å²) in [5, 5.41) is 12.1. The lowest BCUT2D eigenvalue weighted by atomic mass is 9.82. The van der Waals surface area contributed by atoms with Crippen molar-refractivity contribution >= 4 is 11.9 Å². The average Bonchev–Trinajstić information content (AvgIpc) is 3.39. The van der Waals surface area contributed by atoms with Crippen molar-refractivity contribution in [3.63, 3.8) is 0 Å². The SMILES string of the molecule is O=C(O)CCC/C=C/CC1C2CCC(C2)C1NC(=O)c1ccc(-c2ccccc2)cc1. The third kappa shape index (κ3) is 5.25. The fourth-order valence-corrected chi connectivity index (χ4v) is 5.40. The number of unbranched alkanes of at least 4 members (excludes halogenated alkanes) is 1. The van der Waals surface area contributed by atoms with E-state index < -0.39 is 5.97 Å². The highest BCUT2D eigenvalue weighted by Gasteiger charge is 2.47. The van der Waals surface area contributed by atoms with E-state index in [2.05, 4.69) is 29.6 Å². The van der Waals surface area contributed by atoms with Crippen molar-refractivity contribution < 1.29 is 14.7 Å². The molecule has 2 aromatic carbocycles. The third-order valence-electron chi connectivity index (χ3n) is 6.98. The molecule has 0 heterocycles. The molecule has 2 bridgehead atoms. The number of allylic oxidation sites excluding steroid dienone is 2. The van der Waals surface area contributed by atoms with Gasteiger partial charge in [-0.05, 0) is 79.5 Å². The predicted molar refractivity (Wildman–Crippen MR) is 123 cm³/mol. The first-order chi connectivity index (χ1) is 15.1. The van der Waals surface area contributed by atoms with Crippen LogP contribution in [-0.4, -0.2) is 23.0 Å². The zero-order valence-electron chi connectivity index (χ0n) is 17.9. The molecule has 0 aliphatic heterocycles. The van der Waals surface area contributed by atoms with Gasteiger partial charge in [0.25, 0.3) is 5.91 Å². The van der Waals surface area contributed by atoms with E-state index in [9.17, 15) is 9.59 Å². The monoisotopic (exact) mass is 417 g/mol. The minimum atomic E-state index is -0.735. The van der Waals surface area contributed by atoms with E-state index in [-0.39, 0.29) is 18.4 Å². The van der Waals surface area contributed by atoms with Gasteiger partial charge in [0.05, 0.1) is 0 Å². The molecule has 162 valence electrons. The number of carbonyl (C=O) groups is 2. The number of amides is 1. The number of fused-ring (bicyclic) bond motifs is 2. The topological polar surface area (TPSA) is 66.4 Å². The zero-order chi connectivity index (χ0) is 21.6. The average molecular weight is 418 g/mol. The molecule has 1 amide bonds. The van der Waals surface area contributed by atoms with E-state index in [1.54, 1.807) is 0 Å². The Bertz CT molecular complexity index is 919. The first-order valence-corrected chi connectivity index (χ1v) is 11.4. The summed E-state index contributed by atoms with van der Waals surface area (Å²) in [5.74, 6) is 1.05. The molecule has 31 heavy (non-hydrogen) atoms. The van der Waals surface area contributed by atoms with E-state index >= 15 is 0 Å². The maximum Gasteiger partial charge on any atom is 0.303 e. The molecule has 4 nitrogen and oxygen atoms in total. The molecule has 2 saturated carbocycles. The van der Waals surface area contributed by atoms with Gasteiger partial charge in [0, 0.05) is 18.0 Å². The lowest BCUT2D eigenvalue weighted by molar-refractivity contribution is -0.137. The molecule has 2 fully saturated rings. The number of rotatable bonds is 9. The number of nitrogens with one attached hydrogen (secondary N) is 1. The normalized spacial score (nSPS) is 24.5. The summed E-state index contributed by atoms with van der Waals surface area (Å²) in [7, 11) is 0. The number of hydrogen-bond acceptors (Lipinski definition) is 2. The molecule has 0 aromatic heterocycles. The third-order valence-corrected chi connectivity index (χ3v) is 6.98. The second-order valence-corrected chi connectivity index (χ2v) is 8.93. The Morgan fingerprint density at radius 3 is 2.39 bits per heavy atom. The summed E-state index contributed by atoms with van der Waals surface area (Å²) in [6.07, 6.45) is 10.7. The van der Waals surface area contributed by atoms with Gasteiger partial charge in [-0.1, -0.05) is 54.6 Å². The van der Waals surface area contributed by atoms with Gasteiger partial charge in [0.15, 0.2) is 0 Å². The van der Waals surface area contributed by atoms with Gasteiger partial charge >= 0.3 is 5.97 Å². The molecule has 0 saturated heterocycles. The quantitative estimate of drug-likeness (QED) is 0.406. The van der Waals surface area contributed by atoms with Crippen molar-refractivity contribution in [1.29, 1.82) is 0 Å². The summed E-state index contributed by atoms with van der Waals surface area (Å²) in [6.45, 7) is 0. The lowest BCUT2D eigenvalue weighted by Crippen LogP contribution is -2.43. The molecule has 2 aliphatic carbocycles. The molecule has 4 unspecified atom stereocenters. The van der Waals surface area contributed by atoms with Crippen LogP contribution in [0.25, 0.3) is 11.1 Å². The van der Waals surface area contributed by atoms with Gasteiger partial charge in [-0.25, -0.2) is 0 Å². The van der Waals surface area contributed by atoms with Crippen LogP contribution in [0.4, 0.5) is 0 Å². The molecule has 2 aromatic rings. The van der Waals surface area contributed by atoms with E-state index in [4.69, 9.17) is 5.11 Å². The van der Waals surface area contributed by atoms with E-state index in [0.29, 0.717) is 29.7 Å². The number of hydrogen-bond donors (Lipinski definition) is 2. The molecular formula is C27H31NO3. The summed E-state index contributed by atoms with van der Waals surface area (Å²) in [6, 6.07) is 18.3. The molecular weight excluding hydrogens is 386 g/mol. The summed E-state index contributed by atoms with van der Waals surface area (Å²) < 4.78 is 0. The minimum absolute atomic E-state index is 0.0209. The van der Waals surface area contributed by atoms with E-state index in [1.807, 2.05) is 42.5 Å². The molecule has 2 aliphatic rings. The van der Waals surface area contributed by atoms with Crippen LogP contribution in [-0.2, 0) is 4.79 Å². The Labute approximate surface area is 184 Å². The molecule has 4 heteroatoms. The Morgan fingerprint density at radius 1 is 0.935 bits per heavy atom. The second-order valence-electron chi connectivity index (χ2n) is 8.93. The smallest absolute Gasteiger partial charge is 0.303 e. The van der Waals surface area contributed by atoms with Crippen LogP contribution < -0.4 is 5.32 Å². The largest absolute Gasteiger partial charge is 0.481 e. The van der Waals surface area contributed by atoms with Gasteiger partial charge in [-0.2, -0.15) is 0 Å². The van der Waals surface area contributed by atoms with Crippen molar-refractivity contribution in [2.75, 3.05) is 0 Å². The zero-order valence-corrected chi connectivity index (χ0v) is 17.9. The van der Waals surface area contributed by atoms with Gasteiger partial charge in [0.1, 0.15) is 0 Å². The number of carbonyl (C=O) groups excluding carboxylic acids is 1. The minimum Gasteiger partial charge on any atom is -0.481 e. The van der Waals surface area contributed by atoms with Crippen molar-refractivity contribution in [2.24, 2.45) is 17.8 Å². The molecule has 4 rings (SSSR count). The van der Waals surface area contributed by atoms with Crippen LogP contribution in [0.5, 0.6) is 0 Å². The summed E-state index contributed by atoms with van der Waals surface area (Å²) in [5.41, 5.74) is 2.98. The van der Waals surface area contributed by atoms with E-state index in [0.717, 1.165) is 24.0 Å². The number of carboxylic acid groups (broad SMARTS) is 1. The molecule has 4 atom stereocenters. The Morgan fingerprint density at radius 2 is 1.65 bits per heavy atom. The highest BCUT2D eigenvalue weighted by atomic mass is 16.4. The molecule has 0 radical (unpaired) electrons. The van der Waals surface area contributed by atoms with Crippen molar-refractivity contribution in [2.45, 2.75) is 51.0 Å². The second kappa shape index (κ2) is 9.95. The van der Waals surface area contributed by atoms with Crippen LogP contribution in [0.1, 0.15) is 55.3 Å². The highest BCUT2D eigenvalue weighted by molar-refractivity contribution is 5.95. The highest BCUT2D eigenvalue weighted by Crippen LogP contribution is 2.50. The van der Waals surface area contributed by atoms with Crippen LogP contribution in [0.15, 0.2) is 66.7 Å². The Hall–Kier alpha value is -2.88. The fraction of sp³-hybridized carbons (Fsp3) is 0.407. The first kappa shape index (κ1) is 21.4. The fourth-order valence-electron chi connectivity index (χ4n) is 5.40. The van der Waals surface area contributed by atoms with Gasteiger partial charge in [-0.3, -0.25) is 9.59 Å². The Kier molecular flexibility index (Phi) is 6.86.